The second-order valence-corrected chi connectivity index (χ2v) is 4.29. The van der Waals surface area contributed by atoms with E-state index in [4.69, 9.17) is 14.9 Å². The van der Waals surface area contributed by atoms with Crippen LogP contribution in [-0.4, -0.2) is 13.0 Å². The number of nitrogens with two attached hydrogens (primary N) is 1. The molecule has 2 aromatic rings. The van der Waals surface area contributed by atoms with Crippen molar-refractivity contribution in [1.29, 1.82) is 0 Å². The molecular weight excluding hydrogens is 300 g/mol. The summed E-state index contributed by atoms with van der Waals surface area (Å²) >= 11 is 3.13. The van der Waals surface area contributed by atoms with Gasteiger partial charge in [-0.1, -0.05) is 0 Å². The van der Waals surface area contributed by atoms with Gasteiger partial charge in [0.1, 0.15) is 5.75 Å². The van der Waals surface area contributed by atoms with E-state index in [1.807, 2.05) is 0 Å². The second-order valence-electron chi connectivity index (χ2n) is 3.51. The largest absolute Gasteiger partial charge is 0.497 e. The highest BCUT2D eigenvalue weighted by atomic mass is 79.9. The fourth-order valence-corrected chi connectivity index (χ4v) is 1.70. The van der Waals surface area contributed by atoms with E-state index >= 15 is 0 Å². The van der Waals surface area contributed by atoms with Crippen LogP contribution in [0.15, 0.2) is 39.4 Å². The van der Waals surface area contributed by atoms with Gasteiger partial charge in [0.25, 0.3) is 5.91 Å². The average molecular weight is 311 g/mol. The summed E-state index contributed by atoms with van der Waals surface area (Å²) in [6.45, 7) is 0. The molecule has 1 aromatic heterocycles. The molecule has 3 N–H and O–H groups in total. The number of ether oxygens (including phenoxy) is 1. The zero-order chi connectivity index (χ0) is 13.1. The molecule has 0 saturated heterocycles. The maximum atomic E-state index is 11.9. The smallest absolute Gasteiger partial charge is 0.291 e. The number of hydrogen-bond donors (Lipinski definition) is 2. The van der Waals surface area contributed by atoms with E-state index in [-0.39, 0.29) is 11.7 Å². The van der Waals surface area contributed by atoms with Gasteiger partial charge in [0.05, 0.1) is 18.5 Å². The van der Waals surface area contributed by atoms with Crippen molar-refractivity contribution in [2.75, 3.05) is 18.2 Å². The molecule has 94 valence electrons. The van der Waals surface area contributed by atoms with Gasteiger partial charge in [0.2, 0.25) is 0 Å². The Morgan fingerprint density at radius 3 is 2.78 bits per heavy atom. The molecule has 0 bridgehead atoms. The third-order valence-corrected chi connectivity index (χ3v) is 2.73. The fraction of sp³-hybridized carbons (Fsp3) is 0.0833. The van der Waals surface area contributed by atoms with Crippen molar-refractivity contribution in [2.45, 2.75) is 0 Å². The number of hydrogen-bond acceptors (Lipinski definition) is 4. The van der Waals surface area contributed by atoms with E-state index < -0.39 is 0 Å². The topological polar surface area (TPSA) is 77.5 Å². The average Bonchev–Trinajstić information content (AvgIpc) is 2.79. The Labute approximate surface area is 112 Å². The summed E-state index contributed by atoms with van der Waals surface area (Å²) in [6.07, 6.45) is 0. The van der Waals surface area contributed by atoms with Crippen LogP contribution >= 0.6 is 15.9 Å². The minimum Gasteiger partial charge on any atom is -0.497 e. The van der Waals surface area contributed by atoms with Crippen LogP contribution in [0.4, 0.5) is 11.4 Å². The predicted molar refractivity (Wildman–Crippen MR) is 71.8 cm³/mol. The number of nitrogens with one attached hydrogen (secondary N) is 1. The summed E-state index contributed by atoms with van der Waals surface area (Å²) in [7, 11) is 1.54. The van der Waals surface area contributed by atoms with E-state index in [0.29, 0.717) is 21.8 Å². The molecule has 5 nitrogen and oxygen atoms in total. The van der Waals surface area contributed by atoms with Crippen molar-refractivity contribution in [2.24, 2.45) is 0 Å². The summed E-state index contributed by atoms with van der Waals surface area (Å²) in [5, 5.41) is 2.66. The molecule has 0 atom stereocenters. The first-order chi connectivity index (χ1) is 8.60. The number of halogens is 1. The molecule has 0 spiro atoms. The van der Waals surface area contributed by atoms with Crippen molar-refractivity contribution >= 4 is 33.2 Å². The molecule has 0 unspecified atom stereocenters. The fourth-order valence-electron chi connectivity index (χ4n) is 1.39. The Morgan fingerprint density at radius 1 is 1.39 bits per heavy atom. The molecule has 1 aromatic carbocycles. The predicted octanol–water partition coefficient (Wildman–Crippen LogP) is 2.89. The number of benzene rings is 1. The Bertz CT molecular complexity index is 580. The van der Waals surface area contributed by atoms with Gasteiger partial charge in [-0.15, -0.1) is 0 Å². The zero-order valence-electron chi connectivity index (χ0n) is 9.57. The molecule has 0 aliphatic carbocycles. The van der Waals surface area contributed by atoms with Crippen molar-refractivity contribution in [1.82, 2.24) is 0 Å². The number of anilines is 2. The molecule has 6 heteroatoms. The molecule has 0 radical (unpaired) electrons. The Hall–Kier alpha value is -1.95. The number of rotatable bonds is 3. The van der Waals surface area contributed by atoms with Crippen LogP contribution in [0, 0.1) is 0 Å². The molecule has 0 saturated carbocycles. The van der Waals surface area contributed by atoms with Gasteiger partial charge in [-0.3, -0.25) is 4.79 Å². The standard InChI is InChI=1S/C12H11BrN2O3/c1-17-7-2-3-8(14)9(6-7)15-12(16)10-4-5-11(13)18-10/h2-6H,14H2,1H3,(H,15,16). The third-order valence-electron chi connectivity index (χ3n) is 2.31. The van der Waals surface area contributed by atoms with Gasteiger partial charge in [-0.05, 0) is 40.2 Å². The van der Waals surface area contributed by atoms with Crippen LogP contribution in [-0.2, 0) is 0 Å². The van der Waals surface area contributed by atoms with Crippen LogP contribution in [0.1, 0.15) is 10.6 Å². The number of furan rings is 1. The molecule has 0 aliphatic rings. The Morgan fingerprint density at radius 2 is 2.17 bits per heavy atom. The molecule has 1 heterocycles. The van der Waals surface area contributed by atoms with Crippen LogP contribution in [0.5, 0.6) is 5.75 Å². The van der Waals surface area contributed by atoms with Crippen molar-refractivity contribution < 1.29 is 13.9 Å². The molecule has 1 amide bonds. The first kappa shape index (κ1) is 12.5. The maximum absolute atomic E-state index is 11.9. The van der Waals surface area contributed by atoms with Crippen LogP contribution in [0.3, 0.4) is 0 Å². The highest BCUT2D eigenvalue weighted by Crippen LogP contribution is 2.25. The van der Waals surface area contributed by atoms with Crippen LogP contribution in [0.2, 0.25) is 0 Å². The second kappa shape index (κ2) is 5.14. The maximum Gasteiger partial charge on any atom is 0.291 e. The van der Waals surface area contributed by atoms with E-state index in [1.54, 1.807) is 37.4 Å². The van der Waals surface area contributed by atoms with Crippen LogP contribution in [0.25, 0.3) is 0 Å². The van der Waals surface area contributed by atoms with Gasteiger partial charge >= 0.3 is 0 Å². The molecule has 0 fully saturated rings. The van der Waals surface area contributed by atoms with Crippen molar-refractivity contribution in [3.63, 3.8) is 0 Å². The van der Waals surface area contributed by atoms with Gasteiger partial charge < -0.3 is 20.2 Å². The lowest BCUT2D eigenvalue weighted by molar-refractivity contribution is 0.0995. The minimum atomic E-state index is -0.374. The summed E-state index contributed by atoms with van der Waals surface area (Å²) in [5.41, 5.74) is 6.70. The number of carbonyl (C=O) groups is 1. The molecule has 2 rings (SSSR count). The van der Waals surface area contributed by atoms with Crippen molar-refractivity contribution in [3.05, 3.63) is 40.8 Å². The highest BCUT2D eigenvalue weighted by Gasteiger charge is 2.12. The zero-order valence-corrected chi connectivity index (χ0v) is 11.2. The minimum absolute atomic E-state index is 0.198. The first-order valence-corrected chi connectivity index (χ1v) is 5.89. The Balaban J connectivity index is 2.21. The molecular formula is C12H11BrN2O3. The normalized spacial score (nSPS) is 10.1. The van der Waals surface area contributed by atoms with Gasteiger partial charge in [-0.2, -0.15) is 0 Å². The third kappa shape index (κ3) is 2.65. The quantitative estimate of drug-likeness (QED) is 0.855. The Kier molecular flexibility index (Phi) is 3.57. The van der Waals surface area contributed by atoms with Crippen LogP contribution < -0.4 is 15.8 Å². The van der Waals surface area contributed by atoms with E-state index in [0.717, 1.165) is 0 Å². The van der Waals surface area contributed by atoms with Crippen molar-refractivity contribution in [3.8, 4) is 5.75 Å². The van der Waals surface area contributed by atoms with E-state index in [2.05, 4.69) is 21.2 Å². The van der Waals surface area contributed by atoms with Gasteiger partial charge in [0, 0.05) is 6.07 Å². The molecule has 0 aliphatic heterocycles. The monoisotopic (exact) mass is 310 g/mol. The van der Waals surface area contributed by atoms with E-state index in [9.17, 15) is 4.79 Å². The van der Waals surface area contributed by atoms with Gasteiger partial charge in [-0.25, -0.2) is 0 Å². The number of nitrogen functional groups attached to an aromatic ring is 1. The summed E-state index contributed by atoms with van der Waals surface area (Å²) in [5.74, 6) is 0.435. The highest BCUT2D eigenvalue weighted by molar-refractivity contribution is 9.10. The first-order valence-electron chi connectivity index (χ1n) is 5.10. The number of carbonyl (C=O) groups excluding carboxylic acids is 1. The lowest BCUT2D eigenvalue weighted by Crippen LogP contribution is -2.12. The lowest BCUT2D eigenvalue weighted by Gasteiger charge is -2.08. The number of amides is 1. The van der Waals surface area contributed by atoms with Gasteiger partial charge in [0.15, 0.2) is 10.4 Å². The lowest BCUT2D eigenvalue weighted by atomic mass is 10.2. The summed E-state index contributed by atoms with van der Waals surface area (Å²) in [6, 6.07) is 8.23. The number of methoxy groups -OCH3 is 1. The SMILES string of the molecule is COc1ccc(N)c(NC(=O)c2ccc(Br)o2)c1. The summed E-state index contributed by atoms with van der Waals surface area (Å²) in [4.78, 5) is 11.9. The summed E-state index contributed by atoms with van der Waals surface area (Å²) < 4.78 is 10.7. The molecule has 18 heavy (non-hydrogen) atoms. The van der Waals surface area contributed by atoms with E-state index in [1.165, 1.54) is 0 Å².